The van der Waals surface area contributed by atoms with E-state index in [9.17, 15) is 14.9 Å². The number of H-pyrrole nitrogens is 1. The zero-order valence-electron chi connectivity index (χ0n) is 17.8. The number of nitrogens with one attached hydrogen (secondary N) is 2. The third-order valence-electron chi connectivity index (χ3n) is 4.89. The van der Waals surface area contributed by atoms with Gasteiger partial charge in [-0.2, -0.15) is 5.10 Å². The summed E-state index contributed by atoms with van der Waals surface area (Å²) in [6, 6.07) is 18.5. The number of non-ortho nitro benzene ring substituents is 1. The number of ether oxygens (including phenoxy) is 1. The normalized spacial score (nSPS) is 10.6. The van der Waals surface area contributed by atoms with Gasteiger partial charge < -0.3 is 10.1 Å². The highest BCUT2D eigenvalue weighted by Crippen LogP contribution is 2.31. The molecule has 1 aromatic heterocycles. The molecule has 33 heavy (non-hydrogen) atoms. The molecule has 166 valence electrons. The van der Waals surface area contributed by atoms with Crippen molar-refractivity contribution in [1.82, 2.24) is 10.2 Å². The Hall–Kier alpha value is -4.17. The first-order valence-corrected chi connectivity index (χ1v) is 10.3. The fraction of sp³-hybridized carbons (Fsp3) is 0.0833. The van der Waals surface area contributed by atoms with Gasteiger partial charge in [0.1, 0.15) is 17.2 Å². The maximum atomic E-state index is 12.7. The maximum absolute atomic E-state index is 12.7. The van der Waals surface area contributed by atoms with Crippen LogP contribution in [0.5, 0.6) is 11.5 Å². The van der Waals surface area contributed by atoms with Crippen LogP contribution in [0.4, 0.5) is 11.4 Å². The summed E-state index contributed by atoms with van der Waals surface area (Å²) in [6.45, 7) is 3.81. The van der Waals surface area contributed by atoms with Crippen molar-refractivity contribution in [2.45, 2.75) is 13.8 Å². The van der Waals surface area contributed by atoms with Crippen LogP contribution in [0.2, 0.25) is 5.02 Å². The molecule has 0 unspecified atom stereocenters. The molecule has 1 amide bonds. The predicted molar refractivity (Wildman–Crippen MR) is 126 cm³/mol. The first kappa shape index (κ1) is 22.0. The number of nitro benzene ring substituents is 1. The summed E-state index contributed by atoms with van der Waals surface area (Å²) in [4.78, 5) is 23.6. The minimum absolute atomic E-state index is 0.200. The van der Waals surface area contributed by atoms with E-state index in [1.807, 2.05) is 38.1 Å². The Kier molecular flexibility index (Phi) is 6.10. The van der Waals surface area contributed by atoms with E-state index in [1.165, 1.54) is 18.2 Å². The lowest BCUT2D eigenvalue weighted by molar-refractivity contribution is -0.384. The molecule has 0 saturated heterocycles. The van der Waals surface area contributed by atoms with Gasteiger partial charge in [-0.15, -0.1) is 0 Å². The quantitative estimate of drug-likeness (QED) is 0.258. The molecule has 0 aliphatic carbocycles. The molecule has 0 bridgehead atoms. The van der Waals surface area contributed by atoms with Gasteiger partial charge in [-0.05, 0) is 43.7 Å². The highest BCUT2D eigenvalue weighted by molar-refractivity contribution is 6.31. The van der Waals surface area contributed by atoms with Crippen molar-refractivity contribution in [3.8, 4) is 22.8 Å². The highest BCUT2D eigenvalue weighted by Gasteiger charge is 2.16. The fourth-order valence-corrected chi connectivity index (χ4v) is 3.26. The first-order valence-electron chi connectivity index (χ1n) is 9.96. The average molecular weight is 463 g/mol. The van der Waals surface area contributed by atoms with Gasteiger partial charge >= 0.3 is 0 Å². The summed E-state index contributed by atoms with van der Waals surface area (Å²) in [5.41, 5.74) is 3.59. The van der Waals surface area contributed by atoms with Gasteiger partial charge in [-0.1, -0.05) is 41.4 Å². The van der Waals surface area contributed by atoms with Gasteiger partial charge in [0.2, 0.25) is 0 Å². The van der Waals surface area contributed by atoms with E-state index in [1.54, 1.807) is 24.3 Å². The van der Waals surface area contributed by atoms with Gasteiger partial charge in [-0.3, -0.25) is 20.0 Å². The molecular weight excluding hydrogens is 444 g/mol. The molecular formula is C24H19ClN4O4. The molecule has 2 N–H and O–H groups in total. The largest absolute Gasteiger partial charge is 0.457 e. The number of nitrogens with zero attached hydrogens (tertiary/aromatic N) is 2. The number of anilines is 1. The number of aromatic amines is 1. The number of aromatic nitrogens is 2. The second kappa shape index (κ2) is 9.13. The molecule has 4 aromatic rings. The van der Waals surface area contributed by atoms with Crippen LogP contribution in [0.3, 0.4) is 0 Å². The number of benzene rings is 3. The van der Waals surface area contributed by atoms with Crippen molar-refractivity contribution in [3.63, 3.8) is 0 Å². The van der Waals surface area contributed by atoms with Crippen LogP contribution < -0.4 is 10.1 Å². The SMILES string of the molecule is Cc1ccc(-c2cc(C(=O)Nc3cc(Oc4ccc(Cl)c(C)c4)cc([N+](=O)[O-])c3)[nH]n2)cc1. The number of aryl methyl sites for hydroxylation is 2. The van der Waals surface area contributed by atoms with E-state index in [4.69, 9.17) is 16.3 Å². The van der Waals surface area contributed by atoms with E-state index in [0.717, 1.165) is 16.7 Å². The van der Waals surface area contributed by atoms with Crippen molar-refractivity contribution in [2.75, 3.05) is 5.32 Å². The number of carbonyl (C=O) groups excluding carboxylic acids is 1. The maximum Gasteiger partial charge on any atom is 0.275 e. The smallest absolute Gasteiger partial charge is 0.275 e. The van der Waals surface area contributed by atoms with Crippen LogP contribution in [0.15, 0.2) is 66.7 Å². The summed E-state index contributed by atoms with van der Waals surface area (Å²) in [6.07, 6.45) is 0. The Morgan fingerprint density at radius 3 is 2.48 bits per heavy atom. The van der Waals surface area contributed by atoms with Crippen LogP contribution in [0.25, 0.3) is 11.3 Å². The number of nitro groups is 1. The Balaban J connectivity index is 1.56. The van der Waals surface area contributed by atoms with Gasteiger partial charge in [0, 0.05) is 22.7 Å². The Bertz CT molecular complexity index is 1350. The average Bonchev–Trinajstić information content (AvgIpc) is 3.27. The molecule has 0 fully saturated rings. The van der Waals surface area contributed by atoms with Crippen molar-refractivity contribution in [2.24, 2.45) is 0 Å². The standard InChI is InChI=1S/C24H19ClN4O4/c1-14-3-5-16(6-4-14)22-13-23(28-27-22)24(30)26-17-10-18(29(31)32)12-20(11-17)33-19-7-8-21(25)15(2)9-19/h3-13H,1-2H3,(H,26,30)(H,27,28). The lowest BCUT2D eigenvalue weighted by Gasteiger charge is -2.10. The Labute approximate surface area is 194 Å². The van der Waals surface area contributed by atoms with Gasteiger partial charge in [0.25, 0.3) is 11.6 Å². The number of carbonyl (C=O) groups is 1. The molecule has 1 heterocycles. The van der Waals surface area contributed by atoms with Crippen molar-refractivity contribution < 1.29 is 14.5 Å². The monoisotopic (exact) mass is 462 g/mol. The molecule has 0 radical (unpaired) electrons. The number of rotatable bonds is 6. The van der Waals surface area contributed by atoms with E-state index in [0.29, 0.717) is 16.5 Å². The van der Waals surface area contributed by atoms with Crippen molar-refractivity contribution >= 4 is 28.9 Å². The lowest BCUT2D eigenvalue weighted by atomic mass is 10.1. The summed E-state index contributed by atoms with van der Waals surface area (Å²) < 4.78 is 5.77. The minimum Gasteiger partial charge on any atom is -0.457 e. The summed E-state index contributed by atoms with van der Waals surface area (Å²) in [5.74, 6) is 0.173. The van der Waals surface area contributed by atoms with Crippen LogP contribution >= 0.6 is 11.6 Å². The lowest BCUT2D eigenvalue weighted by Crippen LogP contribution is -2.12. The van der Waals surface area contributed by atoms with Crippen LogP contribution in [0, 0.1) is 24.0 Å². The predicted octanol–water partition coefficient (Wildman–Crippen LogP) is 6.30. The van der Waals surface area contributed by atoms with Crippen molar-refractivity contribution in [3.05, 3.63) is 98.7 Å². The highest BCUT2D eigenvalue weighted by atomic mass is 35.5. The van der Waals surface area contributed by atoms with Gasteiger partial charge in [0.05, 0.1) is 22.4 Å². The van der Waals surface area contributed by atoms with E-state index >= 15 is 0 Å². The summed E-state index contributed by atoms with van der Waals surface area (Å²) in [5, 5.41) is 21.5. The van der Waals surface area contributed by atoms with Gasteiger partial charge in [0.15, 0.2) is 0 Å². The Morgan fingerprint density at radius 1 is 1.03 bits per heavy atom. The number of amides is 1. The molecule has 0 atom stereocenters. The molecule has 8 nitrogen and oxygen atoms in total. The topological polar surface area (TPSA) is 110 Å². The van der Waals surface area contributed by atoms with E-state index < -0.39 is 10.8 Å². The molecule has 9 heteroatoms. The third kappa shape index (κ3) is 5.19. The van der Waals surface area contributed by atoms with E-state index in [2.05, 4.69) is 15.5 Å². The first-order chi connectivity index (χ1) is 15.8. The third-order valence-corrected chi connectivity index (χ3v) is 5.32. The molecule has 0 aliphatic rings. The molecule has 0 spiro atoms. The molecule has 0 aliphatic heterocycles. The second-order valence-electron chi connectivity index (χ2n) is 7.47. The number of hydrogen-bond donors (Lipinski definition) is 2. The molecule has 0 saturated carbocycles. The minimum atomic E-state index is -0.554. The summed E-state index contributed by atoms with van der Waals surface area (Å²) >= 11 is 6.04. The summed E-state index contributed by atoms with van der Waals surface area (Å²) in [7, 11) is 0. The number of hydrogen-bond acceptors (Lipinski definition) is 5. The molecule has 3 aromatic carbocycles. The second-order valence-corrected chi connectivity index (χ2v) is 7.88. The zero-order valence-corrected chi connectivity index (χ0v) is 18.5. The molecule has 4 rings (SSSR count). The van der Waals surface area contributed by atoms with Crippen molar-refractivity contribution in [1.29, 1.82) is 0 Å². The Morgan fingerprint density at radius 2 is 1.79 bits per heavy atom. The van der Waals surface area contributed by atoms with Crippen LogP contribution in [-0.4, -0.2) is 21.0 Å². The van der Waals surface area contributed by atoms with Crippen LogP contribution in [0.1, 0.15) is 21.6 Å². The zero-order chi connectivity index (χ0) is 23.5. The number of halogens is 1. The van der Waals surface area contributed by atoms with Gasteiger partial charge in [-0.25, -0.2) is 0 Å². The van der Waals surface area contributed by atoms with Crippen LogP contribution in [-0.2, 0) is 0 Å². The van der Waals surface area contributed by atoms with E-state index in [-0.39, 0.29) is 22.8 Å². The fourth-order valence-electron chi connectivity index (χ4n) is 3.15.